The van der Waals surface area contributed by atoms with Crippen LogP contribution in [-0.4, -0.2) is 62.8 Å². The Balaban J connectivity index is 1.47. The van der Waals surface area contributed by atoms with Gasteiger partial charge in [-0.25, -0.2) is 12.8 Å². The van der Waals surface area contributed by atoms with Gasteiger partial charge in [0.25, 0.3) is 0 Å². The van der Waals surface area contributed by atoms with Gasteiger partial charge in [0, 0.05) is 38.0 Å². The largest absolute Gasteiger partial charge is 0.490 e. The minimum atomic E-state index is -3.42. The maximum absolute atomic E-state index is 14.1. The Morgan fingerprint density at radius 1 is 1.25 bits per heavy atom. The average molecular weight is 410 g/mol. The highest BCUT2D eigenvalue weighted by atomic mass is 32.2. The lowest BCUT2D eigenvalue weighted by Crippen LogP contribution is -2.53. The minimum absolute atomic E-state index is 0.0384. The lowest BCUT2D eigenvalue weighted by molar-refractivity contribution is 0.0574. The summed E-state index contributed by atoms with van der Waals surface area (Å²) in [5, 5.41) is 9.11. The summed E-state index contributed by atoms with van der Waals surface area (Å²) in [4.78, 5) is 4.31. The van der Waals surface area contributed by atoms with Gasteiger partial charge in [0.05, 0.1) is 11.5 Å². The Kier molecular flexibility index (Phi) is 6.46. The summed E-state index contributed by atoms with van der Waals surface area (Å²) >= 11 is 0. The van der Waals surface area contributed by atoms with Gasteiger partial charge in [-0.2, -0.15) is 5.26 Å². The number of rotatable bonds is 5. The molecule has 1 aliphatic heterocycles. The second-order valence-electron chi connectivity index (χ2n) is 7.99. The number of nitriles is 1. The molecule has 0 spiro atoms. The Labute approximate surface area is 166 Å². The van der Waals surface area contributed by atoms with Gasteiger partial charge in [-0.05, 0) is 56.7 Å². The van der Waals surface area contributed by atoms with Crippen molar-refractivity contribution >= 4 is 9.84 Å². The number of ether oxygens (including phenoxy) is 1. The van der Waals surface area contributed by atoms with Crippen LogP contribution in [0.4, 0.5) is 4.39 Å². The van der Waals surface area contributed by atoms with Crippen LogP contribution in [0.1, 0.15) is 32.6 Å². The second-order valence-corrected chi connectivity index (χ2v) is 10.0. The predicted octanol–water partition coefficient (Wildman–Crippen LogP) is 2.65. The normalized spacial score (nSPS) is 26.6. The van der Waals surface area contributed by atoms with Crippen LogP contribution in [0.25, 0.3) is 0 Å². The maximum atomic E-state index is 14.1. The van der Waals surface area contributed by atoms with E-state index in [1.54, 1.807) is 0 Å². The molecular weight excluding hydrogens is 381 g/mol. The molecule has 28 heavy (non-hydrogen) atoms. The number of hydrogen-bond acceptors (Lipinski definition) is 6. The molecule has 6 nitrogen and oxygen atoms in total. The smallest absolute Gasteiger partial charge is 0.179 e. The minimum Gasteiger partial charge on any atom is -0.490 e. The van der Waals surface area contributed by atoms with Crippen molar-refractivity contribution in [1.29, 1.82) is 5.26 Å². The Morgan fingerprint density at radius 3 is 2.54 bits per heavy atom. The first kappa shape index (κ1) is 20.9. The Bertz CT molecular complexity index is 832. The lowest BCUT2D eigenvalue weighted by Gasteiger charge is -2.43. The van der Waals surface area contributed by atoms with Crippen LogP contribution in [0.15, 0.2) is 23.1 Å². The molecule has 1 aromatic carbocycles. The van der Waals surface area contributed by atoms with Gasteiger partial charge in [-0.15, -0.1) is 0 Å². The highest BCUT2D eigenvalue weighted by Gasteiger charge is 2.31. The van der Waals surface area contributed by atoms with Gasteiger partial charge in [0.2, 0.25) is 0 Å². The molecule has 0 aromatic heterocycles. The molecule has 1 unspecified atom stereocenters. The van der Waals surface area contributed by atoms with Crippen LogP contribution in [0, 0.1) is 23.2 Å². The molecule has 0 radical (unpaired) electrons. The third-order valence-corrected chi connectivity index (χ3v) is 7.04. The van der Waals surface area contributed by atoms with E-state index < -0.39 is 15.7 Å². The monoisotopic (exact) mass is 409 g/mol. The molecule has 1 aromatic rings. The number of sulfone groups is 1. The standard InChI is InChI=1S/C20H28FN3O3S/c1-15-12-23(9-10-24(15)14-22)17-5-3-16(4-6-17)13-27-20-8-7-18(11-19(20)21)28(2,25)26/h7-8,11,15-17H,3-6,9-10,12-13H2,1-2H3. The molecule has 2 aliphatic rings. The molecular formula is C20H28FN3O3S. The quantitative estimate of drug-likeness (QED) is 0.696. The molecule has 0 amide bonds. The average Bonchev–Trinajstić information content (AvgIpc) is 2.66. The van der Waals surface area contributed by atoms with Crippen molar-refractivity contribution in [3.05, 3.63) is 24.0 Å². The molecule has 1 aliphatic carbocycles. The molecule has 1 saturated carbocycles. The fourth-order valence-corrected chi connectivity index (χ4v) is 4.81. The number of hydrogen-bond donors (Lipinski definition) is 0. The van der Waals surface area contributed by atoms with Crippen LogP contribution in [0.3, 0.4) is 0 Å². The highest BCUT2D eigenvalue weighted by molar-refractivity contribution is 7.90. The number of halogens is 1. The summed E-state index contributed by atoms with van der Waals surface area (Å²) in [5.41, 5.74) is 0. The van der Waals surface area contributed by atoms with E-state index in [0.29, 0.717) is 18.6 Å². The van der Waals surface area contributed by atoms with Crippen molar-refractivity contribution in [3.63, 3.8) is 0 Å². The Hall–Kier alpha value is -1.85. The predicted molar refractivity (Wildman–Crippen MR) is 104 cm³/mol. The summed E-state index contributed by atoms with van der Waals surface area (Å²) < 4.78 is 42.7. The van der Waals surface area contributed by atoms with Crippen molar-refractivity contribution < 1.29 is 17.5 Å². The number of benzene rings is 1. The zero-order valence-corrected chi connectivity index (χ0v) is 17.3. The summed E-state index contributed by atoms with van der Waals surface area (Å²) in [7, 11) is -3.42. The van der Waals surface area contributed by atoms with Gasteiger partial charge in [-0.3, -0.25) is 4.90 Å². The van der Waals surface area contributed by atoms with E-state index in [1.165, 1.54) is 12.1 Å². The lowest BCUT2D eigenvalue weighted by atomic mass is 9.85. The van der Waals surface area contributed by atoms with Gasteiger partial charge in [-0.1, -0.05) is 0 Å². The molecule has 1 heterocycles. The van der Waals surface area contributed by atoms with Crippen LogP contribution >= 0.6 is 0 Å². The molecule has 0 N–H and O–H groups in total. The second kappa shape index (κ2) is 8.66. The fraction of sp³-hybridized carbons (Fsp3) is 0.650. The summed E-state index contributed by atoms with van der Waals surface area (Å²) in [6.07, 6.45) is 7.54. The first-order chi connectivity index (χ1) is 13.3. The maximum Gasteiger partial charge on any atom is 0.179 e. The zero-order valence-electron chi connectivity index (χ0n) is 16.5. The highest BCUT2D eigenvalue weighted by Crippen LogP contribution is 2.30. The van der Waals surface area contributed by atoms with Crippen LogP contribution in [0.5, 0.6) is 5.75 Å². The van der Waals surface area contributed by atoms with Crippen molar-refractivity contribution in [2.45, 2.75) is 49.6 Å². The first-order valence-electron chi connectivity index (χ1n) is 9.80. The molecule has 1 atom stereocenters. The van der Waals surface area contributed by atoms with Crippen LogP contribution < -0.4 is 4.74 Å². The van der Waals surface area contributed by atoms with E-state index in [0.717, 1.165) is 57.6 Å². The molecule has 154 valence electrons. The van der Waals surface area contributed by atoms with Crippen molar-refractivity contribution in [3.8, 4) is 11.9 Å². The molecule has 3 rings (SSSR count). The van der Waals surface area contributed by atoms with Gasteiger partial charge < -0.3 is 9.64 Å². The number of nitrogens with zero attached hydrogens (tertiary/aromatic N) is 3. The molecule has 2 fully saturated rings. The molecule has 1 saturated heterocycles. The summed E-state index contributed by atoms with van der Waals surface area (Å²) in [6, 6.07) is 4.60. The van der Waals surface area contributed by atoms with Crippen LogP contribution in [0.2, 0.25) is 0 Å². The van der Waals surface area contributed by atoms with E-state index >= 15 is 0 Å². The molecule has 0 bridgehead atoms. The van der Waals surface area contributed by atoms with E-state index in [2.05, 4.69) is 18.0 Å². The van der Waals surface area contributed by atoms with Crippen molar-refractivity contribution in [2.75, 3.05) is 32.5 Å². The van der Waals surface area contributed by atoms with E-state index in [-0.39, 0.29) is 16.7 Å². The Morgan fingerprint density at radius 2 is 1.96 bits per heavy atom. The fourth-order valence-electron chi connectivity index (χ4n) is 4.18. The first-order valence-corrected chi connectivity index (χ1v) is 11.7. The van der Waals surface area contributed by atoms with Gasteiger partial charge >= 0.3 is 0 Å². The SMILES string of the molecule is CC1CN(C2CCC(COc3ccc(S(C)(=O)=O)cc3F)CC2)CCN1C#N. The van der Waals surface area contributed by atoms with Gasteiger partial charge in [0.1, 0.15) is 0 Å². The van der Waals surface area contributed by atoms with Crippen LogP contribution in [-0.2, 0) is 9.84 Å². The van der Waals surface area contributed by atoms with E-state index in [4.69, 9.17) is 10.00 Å². The summed E-state index contributed by atoms with van der Waals surface area (Å²) in [5.74, 6) is -0.153. The topological polar surface area (TPSA) is 73.6 Å². The summed E-state index contributed by atoms with van der Waals surface area (Å²) in [6.45, 7) is 5.20. The van der Waals surface area contributed by atoms with Crippen molar-refractivity contribution in [1.82, 2.24) is 9.80 Å². The van der Waals surface area contributed by atoms with E-state index in [1.807, 2.05) is 4.90 Å². The van der Waals surface area contributed by atoms with Crippen molar-refractivity contribution in [2.24, 2.45) is 5.92 Å². The number of piperazine rings is 1. The van der Waals surface area contributed by atoms with Gasteiger partial charge in [0.15, 0.2) is 27.6 Å². The zero-order chi connectivity index (χ0) is 20.3. The van der Waals surface area contributed by atoms with E-state index in [9.17, 15) is 12.8 Å². The molecule has 8 heteroatoms. The third kappa shape index (κ3) is 4.95. The third-order valence-electron chi connectivity index (χ3n) is 5.93.